The molecular formula is C19H19ClN2O3. The van der Waals surface area contributed by atoms with E-state index in [1.54, 1.807) is 16.8 Å². The highest BCUT2D eigenvalue weighted by atomic mass is 35.5. The molecule has 4 rings (SSSR count). The lowest BCUT2D eigenvalue weighted by atomic mass is 10.0. The van der Waals surface area contributed by atoms with Gasteiger partial charge in [-0.25, -0.2) is 0 Å². The van der Waals surface area contributed by atoms with Gasteiger partial charge in [-0.2, -0.15) is 0 Å². The maximum Gasteiger partial charge on any atom is 0.254 e. The van der Waals surface area contributed by atoms with Gasteiger partial charge in [0, 0.05) is 36.1 Å². The predicted molar refractivity (Wildman–Crippen MR) is 95.7 cm³/mol. The van der Waals surface area contributed by atoms with Crippen molar-refractivity contribution in [2.75, 3.05) is 33.4 Å². The van der Waals surface area contributed by atoms with Crippen LogP contribution in [0.2, 0.25) is 5.02 Å². The van der Waals surface area contributed by atoms with Crippen LogP contribution >= 0.6 is 11.6 Å². The minimum atomic E-state index is -0.306. The fourth-order valence-electron chi connectivity index (χ4n) is 3.69. The minimum Gasteiger partial charge on any atom is -0.378 e. The highest BCUT2D eigenvalue weighted by Gasteiger charge is 2.39. The van der Waals surface area contributed by atoms with Crippen LogP contribution in [0.15, 0.2) is 36.4 Å². The molecule has 5 nitrogen and oxygen atoms in total. The van der Waals surface area contributed by atoms with Crippen LogP contribution in [0.4, 0.5) is 0 Å². The first-order chi connectivity index (χ1) is 12.1. The van der Waals surface area contributed by atoms with E-state index in [4.69, 9.17) is 16.3 Å². The van der Waals surface area contributed by atoms with E-state index in [2.05, 4.69) is 0 Å². The number of rotatable bonds is 1. The Morgan fingerprint density at radius 1 is 1.12 bits per heavy atom. The van der Waals surface area contributed by atoms with Gasteiger partial charge >= 0.3 is 0 Å². The van der Waals surface area contributed by atoms with Gasteiger partial charge in [0.25, 0.3) is 5.91 Å². The van der Waals surface area contributed by atoms with Crippen molar-refractivity contribution in [3.05, 3.63) is 47.0 Å². The molecule has 2 bridgehead atoms. The first-order valence-corrected chi connectivity index (χ1v) is 8.75. The molecule has 25 heavy (non-hydrogen) atoms. The Morgan fingerprint density at radius 2 is 1.88 bits per heavy atom. The predicted octanol–water partition coefficient (Wildman–Crippen LogP) is 2.42. The van der Waals surface area contributed by atoms with Gasteiger partial charge in [0.1, 0.15) is 0 Å². The van der Waals surface area contributed by atoms with E-state index in [9.17, 15) is 9.59 Å². The molecule has 0 unspecified atom stereocenters. The van der Waals surface area contributed by atoms with Crippen molar-refractivity contribution in [1.29, 1.82) is 0 Å². The molecular weight excluding hydrogens is 340 g/mol. The summed E-state index contributed by atoms with van der Waals surface area (Å²) in [5, 5.41) is 2.33. The molecule has 2 aliphatic heterocycles. The molecule has 130 valence electrons. The van der Waals surface area contributed by atoms with Crippen molar-refractivity contribution in [3.63, 3.8) is 0 Å². The third kappa shape index (κ3) is 2.77. The molecule has 0 radical (unpaired) electrons. The molecule has 2 aromatic rings. The summed E-state index contributed by atoms with van der Waals surface area (Å²) in [7, 11) is 1.79. The molecule has 0 aromatic heterocycles. The first kappa shape index (κ1) is 16.4. The third-order valence-corrected chi connectivity index (χ3v) is 5.46. The fraction of sp³-hybridized carbons (Fsp3) is 0.368. The maximum atomic E-state index is 13.2. The molecule has 0 N–H and O–H groups in total. The number of hydrogen-bond donors (Lipinski definition) is 0. The zero-order chi connectivity index (χ0) is 17.6. The van der Waals surface area contributed by atoms with Crippen LogP contribution in [0.25, 0.3) is 10.8 Å². The first-order valence-electron chi connectivity index (χ1n) is 8.37. The highest BCUT2D eigenvalue weighted by molar-refractivity contribution is 6.36. The second-order valence-corrected chi connectivity index (χ2v) is 7.10. The Hall–Kier alpha value is -2.11. The second-order valence-electron chi connectivity index (χ2n) is 6.69. The lowest BCUT2D eigenvalue weighted by molar-refractivity contribution is -0.133. The number of nitrogens with zero attached hydrogens (tertiary/aromatic N) is 2. The molecule has 2 fully saturated rings. The summed E-state index contributed by atoms with van der Waals surface area (Å²) in [6.07, 6.45) is 0. The fourth-order valence-corrected chi connectivity index (χ4v) is 3.93. The number of amides is 2. The van der Waals surface area contributed by atoms with Crippen molar-refractivity contribution >= 4 is 34.2 Å². The van der Waals surface area contributed by atoms with Crippen LogP contribution in [-0.4, -0.2) is 61.0 Å². The normalized spacial score (nSPS) is 23.7. The van der Waals surface area contributed by atoms with Gasteiger partial charge in [0.05, 0.1) is 25.2 Å². The lowest BCUT2D eigenvalue weighted by Crippen LogP contribution is -2.45. The number of fused-ring (bicyclic) bond motifs is 4. The average molecular weight is 359 g/mol. The monoisotopic (exact) mass is 358 g/mol. The molecule has 2 amide bonds. The van der Waals surface area contributed by atoms with Crippen LogP contribution in [0.5, 0.6) is 0 Å². The molecule has 2 aromatic carbocycles. The number of halogens is 1. The molecule has 6 heteroatoms. The number of carbonyl (C=O) groups is 2. The number of carbonyl (C=O) groups excluding carboxylic acids is 2. The summed E-state index contributed by atoms with van der Waals surface area (Å²) >= 11 is 6.27. The summed E-state index contributed by atoms with van der Waals surface area (Å²) < 4.78 is 5.60. The molecule has 2 saturated heterocycles. The third-order valence-electron chi connectivity index (χ3n) is 5.13. The highest BCUT2D eigenvalue weighted by Crippen LogP contribution is 2.28. The van der Waals surface area contributed by atoms with Gasteiger partial charge < -0.3 is 14.5 Å². The van der Waals surface area contributed by atoms with Gasteiger partial charge in [0.2, 0.25) is 5.91 Å². The van der Waals surface area contributed by atoms with E-state index in [1.165, 1.54) is 0 Å². The van der Waals surface area contributed by atoms with E-state index < -0.39 is 0 Å². The summed E-state index contributed by atoms with van der Waals surface area (Å²) in [5.74, 6) is -0.313. The number of hydrogen-bond acceptors (Lipinski definition) is 3. The van der Waals surface area contributed by atoms with Gasteiger partial charge in [-0.1, -0.05) is 35.9 Å². The van der Waals surface area contributed by atoms with E-state index in [0.29, 0.717) is 36.9 Å². The van der Waals surface area contributed by atoms with E-state index in [1.807, 2.05) is 36.4 Å². The Balaban J connectivity index is 1.72. The van der Waals surface area contributed by atoms with Crippen molar-refractivity contribution < 1.29 is 14.3 Å². The van der Waals surface area contributed by atoms with Gasteiger partial charge in [-0.3, -0.25) is 9.59 Å². The van der Waals surface area contributed by atoms with Crippen molar-refractivity contribution in [1.82, 2.24) is 9.80 Å². The van der Waals surface area contributed by atoms with Gasteiger partial charge in [-0.15, -0.1) is 0 Å². The molecule has 2 heterocycles. The zero-order valence-electron chi connectivity index (χ0n) is 13.9. The second kappa shape index (κ2) is 6.32. The Morgan fingerprint density at radius 3 is 2.72 bits per heavy atom. The van der Waals surface area contributed by atoms with E-state index >= 15 is 0 Å². The topological polar surface area (TPSA) is 49.9 Å². The molecule has 0 saturated carbocycles. The van der Waals surface area contributed by atoms with Crippen LogP contribution in [0.3, 0.4) is 0 Å². The van der Waals surface area contributed by atoms with Crippen molar-refractivity contribution in [2.24, 2.45) is 5.92 Å². The van der Waals surface area contributed by atoms with Crippen LogP contribution in [0, 0.1) is 5.92 Å². The number of benzene rings is 2. The summed E-state index contributed by atoms with van der Waals surface area (Å²) in [6, 6.07) is 11.1. The number of ether oxygens (including phenoxy) is 1. The largest absolute Gasteiger partial charge is 0.378 e. The summed E-state index contributed by atoms with van der Waals surface area (Å²) in [4.78, 5) is 29.2. The van der Waals surface area contributed by atoms with Crippen LogP contribution in [0.1, 0.15) is 10.4 Å². The molecule has 2 atom stereocenters. The zero-order valence-corrected chi connectivity index (χ0v) is 14.7. The molecule has 0 spiro atoms. The van der Waals surface area contributed by atoms with Gasteiger partial charge in [0.15, 0.2) is 0 Å². The maximum absolute atomic E-state index is 13.2. The number of likely N-dealkylation sites (N-methyl/N-ethyl adjacent to an activating group) is 1. The van der Waals surface area contributed by atoms with Crippen LogP contribution < -0.4 is 0 Å². The quantitative estimate of drug-likeness (QED) is 0.786. The van der Waals surface area contributed by atoms with Crippen LogP contribution in [-0.2, 0) is 9.53 Å². The lowest BCUT2D eigenvalue weighted by Gasteiger charge is -2.29. The molecule has 2 aliphatic rings. The molecule has 0 aliphatic carbocycles. The minimum absolute atomic E-state index is 0.0544. The summed E-state index contributed by atoms with van der Waals surface area (Å²) in [5.41, 5.74) is 0.621. The standard InChI is InChI=1S/C19H19ClN2O3/c1-21-13-9-22(8-12(18(21)23)10-25-11-13)19(24)16-6-2-5-15-14(16)4-3-7-17(15)20/h2-7,12-13H,8-11H2,1H3/t12-,13+/m1/s1. The smallest absolute Gasteiger partial charge is 0.254 e. The Labute approximate surface area is 151 Å². The van der Waals surface area contributed by atoms with E-state index in [-0.39, 0.29) is 23.8 Å². The summed E-state index contributed by atoms with van der Waals surface area (Å²) in [6.45, 7) is 1.69. The van der Waals surface area contributed by atoms with Crippen molar-refractivity contribution in [2.45, 2.75) is 6.04 Å². The Kier molecular flexibility index (Phi) is 4.13. The SMILES string of the molecule is CN1C(=O)[C@H]2COC[C@@H]1CN(C(=O)c1cccc3c(Cl)cccc13)C2. The Bertz CT molecular complexity index is 854. The van der Waals surface area contributed by atoms with Gasteiger partial charge in [-0.05, 0) is 17.5 Å². The van der Waals surface area contributed by atoms with Crippen molar-refractivity contribution in [3.8, 4) is 0 Å². The average Bonchev–Trinajstić information content (AvgIpc) is 2.79. The van der Waals surface area contributed by atoms with E-state index in [0.717, 1.165) is 10.8 Å².